The van der Waals surface area contributed by atoms with Crippen molar-refractivity contribution in [1.82, 2.24) is 9.88 Å². The second-order valence-corrected chi connectivity index (χ2v) is 7.32. The highest BCUT2D eigenvalue weighted by Gasteiger charge is 2.27. The van der Waals surface area contributed by atoms with E-state index in [1.54, 1.807) is 30.3 Å². The maximum atomic E-state index is 13.3. The Balaban J connectivity index is 1.55. The van der Waals surface area contributed by atoms with Crippen molar-refractivity contribution in [3.8, 4) is 5.75 Å². The van der Waals surface area contributed by atoms with Crippen molar-refractivity contribution in [3.63, 3.8) is 0 Å². The molecule has 1 aromatic heterocycles. The number of rotatable bonds is 5. The van der Waals surface area contributed by atoms with Gasteiger partial charge in [0.25, 0.3) is 5.91 Å². The summed E-state index contributed by atoms with van der Waals surface area (Å²) in [4.78, 5) is 19.5. The molecule has 4 rings (SSSR count). The zero-order valence-corrected chi connectivity index (χ0v) is 17.3. The lowest BCUT2D eigenvalue weighted by molar-refractivity contribution is -0.0228. The van der Waals surface area contributed by atoms with E-state index in [-0.39, 0.29) is 12.0 Å². The highest BCUT2D eigenvalue weighted by molar-refractivity contribution is 6.30. The fourth-order valence-corrected chi connectivity index (χ4v) is 3.56. The Hall–Kier alpha value is -3.09. The molecule has 1 atom stereocenters. The summed E-state index contributed by atoms with van der Waals surface area (Å²) in [7, 11) is 1.61. The summed E-state index contributed by atoms with van der Waals surface area (Å²) in [6.07, 6.45) is 1.46. The van der Waals surface area contributed by atoms with Gasteiger partial charge in [-0.15, -0.1) is 0 Å². The first-order chi connectivity index (χ1) is 14.7. The zero-order chi connectivity index (χ0) is 20.9. The summed E-state index contributed by atoms with van der Waals surface area (Å²) in [6.45, 7) is 1.45. The number of hydrogen-bond donors (Lipinski definition) is 1. The number of nitrogens with one attached hydrogen (secondary N) is 1. The summed E-state index contributed by atoms with van der Waals surface area (Å²) >= 11 is 5.99. The predicted octanol–water partition coefficient (Wildman–Crippen LogP) is 4.70. The Bertz CT molecular complexity index is 1030. The molecule has 1 saturated heterocycles. The van der Waals surface area contributed by atoms with Crippen LogP contribution < -0.4 is 10.1 Å². The smallest absolute Gasteiger partial charge is 0.257 e. The van der Waals surface area contributed by atoms with Gasteiger partial charge in [-0.05, 0) is 42.0 Å². The number of morpholine rings is 1. The van der Waals surface area contributed by atoms with Gasteiger partial charge < -0.3 is 19.7 Å². The van der Waals surface area contributed by atoms with Gasteiger partial charge in [0.1, 0.15) is 17.7 Å². The van der Waals surface area contributed by atoms with Gasteiger partial charge in [-0.25, -0.2) is 4.98 Å². The SMILES string of the molecule is COc1ccccc1Nc1ncccc1C(=O)N1CCOC(c2ccc(Cl)cc2)C1. The molecule has 0 spiro atoms. The maximum absolute atomic E-state index is 13.3. The number of pyridine rings is 1. The minimum absolute atomic E-state index is 0.0947. The lowest BCUT2D eigenvalue weighted by atomic mass is 10.1. The number of aromatic nitrogens is 1. The number of carbonyl (C=O) groups excluding carboxylic acids is 1. The standard InChI is InChI=1S/C23H22ClN3O3/c1-29-20-7-3-2-6-19(20)26-22-18(5-4-12-25-22)23(28)27-13-14-30-21(15-27)16-8-10-17(24)11-9-16/h2-12,21H,13-15H2,1H3,(H,25,26). The first kappa shape index (κ1) is 20.2. The molecular formula is C23H22ClN3O3. The van der Waals surface area contributed by atoms with Crippen LogP contribution in [0.1, 0.15) is 22.0 Å². The Labute approximate surface area is 180 Å². The van der Waals surface area contributed by atoms with Gasteiger partial charge >= 0.3 is 0 Å². The molecule has 1 amide bonds. The number of nitrogens with zero attached hydrogens (tertiary/aromatic N) is 2. The lowest BCUT2D eigenvalue weighted by Gasteiger charge is -2.33. The molecule has 0 aliphatic carbocycles. The fourth-order valence-electron chi connectivity index (χ4n) is 3.44. The van der Waals surface area contributed by atoms with E-state index in [0.717, 1.165) is 11.3 Å². The van der Waals surface area contributed by atoms with Crippen molar-refractivity contribution >= 4 is 29.0 Å². The van der Waals surface area contributed by atoms with Crippen molar-refractivity contribution in [2.24, 2.45) is 0 Å². The molecule has 154 valence electrons. The molecule has 0 bridgehead atoms. The third kappa shape index (κ3) is 4.40. The molecule has 1 aliphatic rings. The van der Waals surface area contributed by atoms with E-state index < -0.39 is 0 Å². The van der Waals surface area contributed by atoms with E-state index in [4.69, 9.17) is 21.1 Å². The van der Waals surface area contributed by atoms with Gasteiger partial charge in [0, 0.05) is 17.8 Å². The lowest BCUT2D eigenvalue weighted by Crippen LogP contribution is -2.42. The largest absolute Gasteiger partial charge is 0.495 e. The van der Waals surface area contributed by atoms with E-state index in [0.29, 0.717) is 41.8 Å². The normalized spacial score (nSPS) is 16.2. The molecule has 2 aromatic carbocycles. The third-order valence-corrected chi connectivity index (χ3v) is 5.25. The molecule has 0 radical (unpaired) electrons. The molecule has 3 aromatic rings. The molecule has 7 heteroatoms. The number of benzene rings is 2. The van der Waals surface area contributed by atoms with Crippen molar-refractivity contribution in [2.45, 2.75) is 6.10 Å². The number of anilines is 2. The number of carbonyl (C=O) groups is 1. The van der Waals surface area contributed by atoms with Crippen LogP contribution in [0, 0.1) is 0 Å². The number of amides is 1. The van der Waals surface area contributed by atoms with Crippen LogP contribution in [0.2, 0.25) is 5.02 Å². The highest BCUT2D eigenvalue weighted by atomic mass is 35.5. The van der Waals surface area contributed by atoms with E-state index in [9.17, 15) is 4.79 Å². The summed E-state index contributed by atoms with van der Waals surface area (Å²) in [5, 5.41) is 3.90. The number of para-hydroxylation sites is 2. The molecule has 0 saturated carbocycles. The van der Waals surface area contributed by atoms with E-state index in [2.05, 4.69) is 10.3 Å². The average molecular weight is 424 g/mol. The van der Waals surface area contributed by atoms with Crippen LogP contribution in [-0.2, 0) is 4.74 Å². The van der Waals surface area contributed by atoms with Crippen molar-refractivity contribution in [3.05, 3.63) is 83.0 Å². The first-order valence-electron chi connectivity index (χ1n) is 9.67. The monoisotopic (exact) mass is 423 g/mol. The number of halogens is 1. The summed E-state index contributed by atoms with van der Waals surface area (Å²) in [6, 6.07) is 18.6. The zero-order valence-electron chi connectivity index (χ0n) is 16.5. The van der Waals surface area contributed by atoms with Gasteiger partial charge in [0.05, 0.1) is 31.5 Å². The predicted molar refractivity (Wildman–Crippen MR) is 117 cm³/mol. The van der Waals surface area contributed by atoms with Crippen LogP contribution in [0.4, 0.5) is 11.5 Å². The van der Waals surface area contributed by atoms with E-state index in [1.165, 1.54) is 0 Å². The number of ether oxygens (including phenoxy) is 2. The highest BCUT2D eigenvalue weighted by Crippen LogP contribution is 2.29. The van der Waals surface area contributed by atoms with Crippen LogP contribution in [0.15, 0.2) is 66.9 Å². The van der Waals surface area contributed by atoms with Gasteiger partial charge in [-0.1, -0.05) is 35.9 Å². The van der Waals surface area contributed by atoms with Crippen molar-refractivity contribution in [2.75, 3.05) is 32.1 Å². The Kier molecular flexibility index (Phi) is 6.16. The minimum Gasteiger partial charge on any atom is -0.495 e. The van der Waals surface area contributed by atoms with Crippen LogP contribution in [0.25, 0.3) is 0 Å². The van der Waals surface area contributed by atoms with E-state index in [1.807, 2.05) is 48.5 Å². The number of methoxy groups -OCH3 is 1. The maximum Gasteiger partial charge on any atom is 0.257 e. The molecule has 1 fully saturated rings. The molecule has 30 heavy (non-hydrogen) atoms. The first-order valence-corrected chi connectivity index (χ1v) is 10.0. The molecule has 1 unspecified atom stereocenters. The Morgan fingerprint density at radius 1 is 1.17 bits per heavy atom. The van der Waals surface area contributed by atoms with Crippen LogP contribution in [0.5, 0.6) is 5.75 Å². The minimum atomic E-state index is -0.192. The van der Waals surface area contributed by atoms with Crippen LogP contribution in [-0.4, -0.2) is 42.6 Å². The summed E-state index contributed by atoms with van der Waals surface area (Å²) in [5.74, 6) is 1.07. The topological polar surface area (TPSA) is 63.7 Å². The van der Waals surface area contributed by atoms with Gasteiger partial charge in [0.15, 0.2) is 0 Å². The Morgan fingerprint density at radius 2 is 1.97 bits per heavy atom. The van der Waals surface area contributed by atoms with Gasteiger partial charge in [-0.3, -0.25) is 4.79 Å². The summed E-state index contributed by atoms with van der Waals surface area (Å²) in [5.41, 5.74) is 2.24. The summed E-state index contributed by atoms with van der Waals surface area (Å²) < 4.78 is 11.3. The van der Waals surface area contributed by atoms with Crippen molar-refractivity contribution in [1.29, 1.82) is 0 Å². The van der Waals surface area contributed by atoms with Crippen LogP contribution in [0.3, 0.4) is 0 Å². The average Bonchev–Trinajstić information content (AvgIpc) is 2.80. The van der Waals surface area contributed by atoms with Crippen LogP contribution >= 0.6 is 11.6 Å². The second kappa shape index (κ2) is 9.15. The van der Waals surface area contributed by atoms with Crippen molar-refractivity contribution < 1.29 is 14.3 Å². The Morgan fingerprint density at radius 3 is 2.77 bits per heavy atom. The van der Waals surface area contributed by atoms with Gasteiger partial charge in [0.2, 0.25) is 0 Å². The number of hydrogen-bond acceptors (Lipinski definition) is 5. The third-order valence-electron chi connectivity index (χ3n) is 4.99. The van der Waals surface area contributed by atoms with Gasteiger partial charge in [-0.2, -0.15) is 0 Å². The molecular weight excluding hydrogens is 402 g/mol. The fraction of sp³-hybridized carbons (Fsp3) is 0.217. The second-order valence-electron chi connectivity index (χ2n) is 6.89. The molecule has 1 N–H and O–H groups in total. The quantitative estimate of drug-likeness (QED) is 0.644. The molecule has 2 heterocycles. The molecule has 6 nitrogen and oxygen atoms in total. The molecule has 1 aliphatic heterocycles. The van der Waals surface area contributed by atoms with E-state index >= 15 is 0 Å².